The predicted molar refractivity (Wildman–Crippen MR) is 79.9 cm³/mol. The van der Waals surface area contributed by atoms with Gasteiger partial charge in [0.1, 0.15) is 11.6 Å². The van der Waals surface area contributed by atoms with Gasteiger partial charge in [0, 0.05) is 0 Å². The van der Waals surface area contributed by atoms with E-state index in [1.807, 2.05) is 50.2 Å². The van der Waals surface area contributed by atoms with Crippen LogP contribution in [-0.4, -0.2) is 12.4 Å². The lowest BCUT2D eigenvalue weighted by molar-refractivity contribution is 0.321. The molecule has 104 valence electrons. The maximum absolute atomic E-state index is 7.61. The summed E-state index contributed by atoms with van der Waals surface area (Å²) in [5.41, 5.74) is 7.20. The standard InChI is InChI=1S/C16H18N2O2/c1-3-19-13-6-4-5-7-14(13)20-15-10-11(2)8-9-12(15)16(17)18/h4-10H,3H2,1-2H3,(H3,17,18). The van der Waals surface area contributed by atoms with Crippen molar-refractivity contribution in [3.8, 4) is 17.2 Å². The number of benzene rings is 2. The van der Waals surface area contributed by atoms with Gasteiger partial charge in [-0.3, -0.25) is 5.41 Å². The highest BCUT2D eigenvalue weighted by Gasteiger charge is 2.11. The van der Waals surface area contributed by atoms with E-state index in [4.69, 9.17) is 20.6 Å². The van der Waals surface area contributed by atoms with Gasteiger partial charge in [0.15, 0.2) is 11.5 Å². The van der Waals surface area contributed by atoms with Gasteiger partial charge < -0.3 is 15.2 Å². The van der Waals surface area contributed by atoms with E-state index in [0.717, 1.165) is 5.56 Å². The van der Waals surface area contributed by atoms with E-state index in [9.17, 15) is 0 Å². The summed E-state index contributed by atoms with van der Waals surface area (Å²) >= 11 is 0. The van der Waals surface area contributed by atoms with E-state index in [2.05, 4.69) is 0 Å². The topological polar surface area (TPSA) is 68.3 Å². The highest BCUT2D eigenvalue weighted by atomic mass is 16.5. The molecule has 0 fully saturated rings. The minimum Gasteiger partial charge on any atom is -0.490 e. The summed E-state index contributed by atoms with van der Waals surface area (Å²) < 4.78 is 11.4. The molecule has 2 aromatic rings. The molecule has 0 saturated carbocycles. The number of rotatable bonds is 5. The predicted octanol–water partition coefficient (Wildman–Crippen LogP) is 3.47. The normalized spacial score (nSPS) is 10.1. The molecule has 0 amide bonds. The lowest BCUT2D eigenvalue weighted by atomic mass is 10.1. The molecule has 4 nitrogen and oxygen atoms in total. The Hall–Kier alpha value is -2.49. The largest absolute Gasteiger partial charge is 0.490 e. The Kier molecular flexibility index (Phi) is 4.25. The Bertz CT molecular complexity index is 624. The molecule has 0 bridgehead atoms. The van der Waals surface area contributed by atoms with Crippen LogP contribution in [0.25, 0.3) is 0 Å². The molecule has 2 aromatic carbocycles. The van der Waals surface area contributed by atoms with Gasteiger partial charge in [-0.2, -0.15) is 0 Å². The SMILES string of the molecule is CCOc1ccccc1Oc1cc(C)ccc1C(=N)N. The molecule has 0 aliphatic carbocycles. The smallest absolute Gasteiger partial charge is 0.169 e. The highest BCUT2D eigenvalue weighted by molar-refractivity contribution is 5.97. The molecule has 0 aliphatic rings. The van der Waals surface area contributed by atoms with Crippen molar-refractivity contribution in [3.05, 3.63) is 53.6 Å². The average Bonchev–Trinajstić information content (AvgIpc) is 2.41. The number of hydrogen-bond acceptors (Lipinski definition) is 3. The minimum atomic E-state index is -0.0195. The molecule has 0 heterocycles. The number of hydrogen-bond donors (Lipinski definition) is 2. The number of para-hydroxylation sites is 2. The van der Waals surface area contributed by atoms with E-state index < -0.39 is 0 Å². The van der Waals surface area contributed by atoms with Crippen LogP contribution in [-0.2, 0) is 0 Å². The van der Waals surface area contributed by atoms with Crippen molar-refractivity contribution in [1.29, 1.82) is 5.41 Å². The number of nitrogens with two attached hydrogens (primary N) is 1. The fourth-order valence-corrected chi connectivity index (χ4v) is 1.86. The number of aryl methyl sites for hydroxylation is 1. The summed E-state index contributed by atoms with van der Waals surface area (Å²) in [4.78, 5) is 0. The van der Waals surface area contributed by atoms with Crippen molar-refractivity contribution in [3.63, 3.8) is 0 Å². The summed E-state index contributed by atoms with van der Waals surface area (Å²) in [6.07, 6.45) is 0. The maximum Gasteiger partial charge on any atom is 0.169 e. The molecule has 0 saturated heterocycles. The van der Waals surface area contributed by atoms with Crippen molar-refractivity contribution in [2.45, 2.75) is 13.8 Å². The number of nitrogen functional groups attached to an aromatic ring is 1. The Morgan fingerprint density at radius 1 is 1.10 bits per heavy atom. The van der Waals surface area contributed by atoms with Crippen molar-refractivity contribution < 1.29 is 9.47 Å². The second-order valence-corrected chi connectivity index (χ2v) is 4.40. The fraction of sp³-hybridized carbons (Fsp3) is 0.188. The summed E-state index contributed by atoms with van der Waals surface area (Å²) in [6.45, 7) is 4.45. The summed E-state index contributed by atoms with van der Waals surface area (Å²) in [7, 11) is 0. The molecule has 0 spiro atoms. The Balaban J connectivity index is 2.39. The van der Waals surface area contributed by atoms with Gasteiger partial charge in [0.05, 0.1) is 12.2 Å². The number of amidine groups is 1. The van der Waals surface area contributed by atoms with Gasteiger partial charge >= 0.3 is 0 Å². The first kappa shape index (κ1) is 13.9. The third-order valence-corrected chi connectivity index (χ3v) is 2.80. The monoisotopic (exact) mass is 270 g/mol. The summed E-state index contributed by atoms with van der Waals surface area (Å²) in [5.74, 6) is 1.83. The zero-order chi connectivity index (χ0) is 14.5. The molecule has 0 aliphatic heterocycles. The summed E-state index contributed by atoms with van der Waals surface area (Å²) in [5, 5.41) is 7.61. The van der Waals surface area contributed by atoms with Crippen molar-refractivity contribution >= 4 is 5.84 Å². The van der Waals surface area contributed by atoms with Crippen LogP contribution < -0.4 is 15.2 Å². The first-order chi connectivity index (χ1) is 9.61. The van der Waals surface area contributed by atoms with Crippen LogP contribution in [0, 0.1) is 12.3 Å². The maximum atomic E-state index is 7.61. The van der Waals surface area contributed by atoms with Crippen LogP contribution in [0.3, 0.4) is 0 Å². The molecular weight excluding hydrogens is 252 g/mol. The Labute approximate surface area is 118 Å². The molecule has 2 rings (SSSR count). The second kappa shape index (κ2) is 6.10. The van der Waals surface area contributed by atoms with E-state index in [0.29, 0.717) is 29.4 Å². The molecule has 4 heteroatoms. The van der Waals surface area contributed by atoms with Crippen molar-refractivity contribution in [2.75, 3.05) is 6.61 Å². The van der Waals surface area contributed by atoms with Gasteiger partial charge in [-0.1, -0.05) is 18.2 Å². The van der Waals surface area contributed by atoms with Gasteiger partial charge in [0.2, 0.25) is 0 Å². The molecule has 0 aromatic heterocycles. The third-order valence-electron chi connectivity index (χ3n) is 2.80. The fourth-order valence-electron chi connectivity index (χ4n) is 1.86. The van der Waals surface area contributed by atoms with E-state index >= 15 is 0 Å². The van der Waals surface area contributed by atoms with Crippen LogP contribution in [0.15, 0.2) is 42.5 Å². The molecule has 0 radical (unpaired) electrons. The summed E-state index contributed by atoms with van der Waals surface area (Å²) in [6, 6.07) is 13.0. The van der Waals surface area contributed by atoms with Crippen molar-refractivity contribution in [1.82, 2.24) is 0 Å². The first-order valence-electron chi connectivity index (χ1n) is 6.46. The average molecular weight is 270 g/mol. The molecule has 3 N–H and O–H groups in total. The van der Waals surface area contributed by atoms with Crippen molar-refractivity contribution in [2.24, 2.45) is 5.73 Å². The van der Waals surface area contributed by atoms with Crippen LogP contribution in [0.4, 0.5) is 0 Å². The zero-order valence-electron chi connectivity index (χ0n) is 11.6. The van der Waals surface area contributed by atoms with E-state index in [1.165, 1.54) is 0 Å². The lowest BCUT2D eigenvalue weighted by Gasteiger charge is -2.14. The zero-order valence-corrected chi connectivity index (χ0v) is 11.6. The van der Waals surface area contributed by atoms with Gasteiger partial charge in [0.25, 0.3) is 0 Å². The van der Waals surface area contributed by atoms with Gasteiger partial charge in [-0.15, -0.1) is 0 Å². The third kappa shape index (κ3) is 3.09. The number of nitrogens with one attached hydrogen (secondary N) is 1. The van der Waals surface area contributed by atoms with E-state index in [-0.39, 0.29) is 5.84 Å². The second-order valence-electron chi connectivity index (χ2n) is 4.40. The molecule has 0 unspecified atom stereocenters. The van der Waals surface area contributed by atoms with E-state index in [1.54, 1.807) is 6.07 Å². The molecule has 0 atom stereocenters. The molecule has 20 heavy (non-hydrogen) atoms. The van der Waals surface area contributed by atoms with Crippen LogP contribution in [0.5, 0.6) is 17.2 Å². The highest BCUT2D eigenvalue weighted by Crippen LogP contribution is 2.33. The number of ether oxygens (including phenoxy) is 2. The van der Waals surface area contributed by atoms with Gasteiger partial charge in [-0.05, 0) is 43.7 Å². The van der Waals surface area contributed by atoms with Crippen LogP contribution in [0.1, 0.15) is 18.1 Å². The minimum absolute atomic E-state index is 0.0195. The molecular formula is C16H18N2O2. The Morgan fingerprint density at radius 3 is 2.45 bits per heavy atom. The van der Waals surface area contributed by atoms with Crippen LogP contribution >= 0.6 is 0 Å². The van der Waals surface area contributed by atoms with Crippen LogP contribution in [0.2, 0.25) is 0 Å². The first-order valence-corrected chi connectivity index (χ1v) is 6.46. The quantitative estimate of drug-likeness (QED) is 0.645. The lowest BCUT2D eigenvalue weighted by Crippen LogP contribution is -2.12. The van der Waals surface area contributed by atoms with Gasteiger partial charge in [-0.25, -0.2) is 0 Å². The Morgan fingerprint density at radius 2 is 1.80 bits per heavy atom.